The average molecular weight is 250 g/mol. The highest BCUT2D eigenvalue weighted by atomic mass is 32.2. The van der Waals surface area contributed by atoms with Crippen LogP contribution in [-0.2, 0) is 24.2 Å². The lowest BCUT2D eigenvalue weighted by Gasteiger charge is -2.31. The molecule has 0 radical (unpaired) electrons. The van der Waals surface area contributed by atoms with Crippen molar-refractivity contribution in [1.29, 1.82) is 0 Å². The molecular weight excluding hydrogens is 236 g/mol. The van der Waals surface area contributed by atoms with Crippen molar-refractivity contribution in [2.24, 2.45) is 5.41 Å². The minimum atomic E-state index is -3.38. The van der Waals surface area contributed by atoms with Crippen LogP contribution < -0.4 is 0 Å². The van der Waals surface area contributed by atoms with Gasteiger partial charge in [-0.15, -0.1) is 0 Å². The second-order valence-corrected chi connectivity index (χ2v) is 6.22. The van der Waals surface area contributed by atoms with Gasteiger partial charge in [0, 0.05) is 0 Å². The maximum Gasteiger partial charge on any atom is 0.311 e. The number of hydrogen-bond donors (Lipinski definition) is 1. The predicted octanol–water partition coefficient (Wildman–Crippen LogP) is -0.171. The zero-order chi connectivity index (χ0) is 12.4. The van der Waals surface area contributed by atoms with Crippen molar-refractivity contribution in [3.05, 3.63) is 0 Å². The van der Waals surface area contributed by atoms with Crippen LogP contribution in [0.2, 0.25) is 0 Å². The van der Waals surface area contributed by atoms with Crippen LogP contribution in [0.3, 0.4) is 0 Å². The third-order valence-corrected chi connectivity index (χ3v) is 4.67. The Labute approximate surface area is 93.5 Å². The van der Waals surface area contributed by atoms with Crippen LogP contribution in [0.4, 0.5) is 0 Å². The molecule has 1 N–H and O–H groups in total. The Hall–Kier alpha value is -1.11. The van der Waals surface area contributed by atoms with Crippen LogP contribution in [0.15, 0.2) is 0 Å². The molecule has 0 amide bonds. The number of rotatable bonds is 3. The van der Waals surface area contributed by atoms with Crippen molar-refractivity contribution < 1.29 is 27.9 Å². The summed E-state index contributed by atoms with van der Waals surface area (Å²) in [4.78, 5) is 22.3. The molecular formula is C9H14O6S. The van der Waals surface area contributed by atoms with Gasteiger partial charge in [-0.2, -0.15) is 0 Å². The number of ether oxygens (including phenoxy) is 1. The van der Waals surface area contributed by atoms with Gasteiger partial charge in [0.1, 0.15) is 0 Å². The van der Waals surface area contributed by atoms with Gasteiger partial charge < -0.3 is 9.84 Å². The number of methoxy groups -OCH3 is 1. The summed E-state index contributed by atoms with van der Waals surface area (Å²) >= 11 is 0. The molecule has 0 aromatic carbocycles. The molecule has 1 saturated heterocycles. The van der Waals surface area contributed by atoms with E-state index in [1.165, 1.54) is 0 Å². The van der Waals surface area contributed by atoms with E-state index in [4.69, 9.17) is 5.11 Å². The number of carboxylic acid groups (broad SMARTS) is 1. The first kappa shape index (κ1) is 13.0. The van der Waals surface area contributed by atoms with Crippen molar-refractivity contribution in [2.45, 2.75) is 19.3 Å². The van der Waals surface area contributed by atoms with E-state index in [0.717, 1.165) is 7.11 Å². The number of carbonyl (C=O) groups excluding carboxylic acids is 1. The van der Waals surface area contributed by atoms with Crippen molar-refractivity contribution in [2.75, 3.05) is 18.6 Å². The van der Waals surface area contributed by atoms with Crippen molar-refractivity contribution in [3.63, 3.8) is 0 Å². The Kier molecular flexibility index (Phi) is 3.57. The highest BCUT2D eigenvalue weighted by Gasteiger charge is 2.47. The van der Waals surface area contributed by atoms with Gasteiger partial charge in [0.25, 0.3) is 0 Å². The van der Waals surface area contributed by atoms with Gasteiger partial charge in [-0.1, -0.05) is 0 Å². The van der Waals surface area contributed by atoms with Gasteiger partial charge in [0.2, 0.25) is 0 Å². The molecule has 7 heteroatoms. The Balaban J connectivity index is 2.97. The average Bonchev–Trinajstić information content (AvgIpc) is 2.15. The van der Waals surface area contributed by atoms with Crippen LogP contribution in [0.5, 0.6) is 0 Å². The number of hydrogen-bond acceptors (Lipinski definition) is 5. The van der Waals surface area contributed by atoms with E-state index < -0.39 is 39.4 Å². The van der Waals surface area contributed by atoms with Gasteiger partial charge in [-0.3, -0.25) is 9.59 Å². The summed E-state index contributed by atoms with van der Waals surface area (Å²) in [6.45, 7) is 0. The predicted molar refractivity (Wildman–Crippen MR) is 54.6 cm³/mol. The van der Waals surface area contributed by atoms with E-state index in [1.807, 2.05) is 0 Å². The smallest absolute Gasteiger partial charge is 0.311 e. The van der Waals surface area contributed by atoms with Crippen LogP contribution in [-0.4, -0.2) is 44.1 Å². The molecule has 1 unspecified atom stereocenters. The molecule has 0 aromatic heterocycles. The van der Waals surface area contributed by atoms with E-state index in [-0.39, 0.29) is 18.6 Å². The first-order chi connectivity index (χ1) is 7.31. The van der Waals surface area contributed by atoms with Crippen LogP contribution in [0.25, 0.3) is 0 Å². The van der Waals surface area contributed by atoms with Gasteiger partial charge in [-0.05, 0) is 12.8 Å². The number of carboxylic acids is 1. The molecule has 1 rings (SSSR count). The molecule has 1 fully saturated rings. The summed E-state index contributed by atoms with van der Waals surface area (Å²) in [5.41, 5.74) is -1.51. The highest BCUT2D eigenvalue weighted by Crippen LogP contribution is 2.35. The molecule has 1 aliphatic rings. The van der Waals surface area contributed by atoms with E-state index >= 15 is 0 Å². The molecule has 0 aliphatic carbocycles. The lowest BCUT2D eigenvalue weighted by molar-refractivity contribution is -0.156. The van der Waals surface area contributed by atoms with E-state index in [9.17, 15) is 18.0 Å². The fraction of sp³-hybridized carbons (Fsp3) is 0.778. The highest BCUT2D eigenvalue weighted by molar-refractivity contribution is 7.91. The molecule has 6 nitrogen and oxygen atoms in total. The molecule has 0 spiro atoms. The third kappa shape index (κ3) is 2.72. The molecule has 92 valence electrons. The lowest BCUT2D eigenvalue weighted by Crippen LogP contribution is -2.44. The number of sulfone groups is 1. The first-order valence-corrected chi connectivity index (χ1v) is 6.64. The van der Waals surface area contributed by atoms with Crippen LogP contribution in [0, 0.1) is 5.41 Å². The number of carbonyl (C=O) groups is 2. The molecule has 1 heterocycles. The van der Waals surface area contributed by atoms with Gasteiger partial charge in [0.15, 0.2) is 9.84 Å². The molecule has 16 heavy (non-hydrogen) atoms. The molecule has 1 aliphatic heterocycles. The second kappa shape index (κ2) is 4.40. The maximum absolute atomic E-state index is 11.4. The summed E-state index contributed by atoms with van der Waals surface area (Å²) in [5, 5.41) is 9.09. The van der Waals surface area contributed by atoms with E-state index in [2.05, 4.69) is 4.74 Å². The van der Waals surface area contributed by atoms with Crippen LogP contribution >= 0.6 is 0 Å². The topological polar surface area (TPSA) is 97.7 Å². The first-order valence-electron chi connectivity index (χ1n) is 4.82. The Morgan fingerprint density at radius 2 is 2.06 bits per heavy atom. The Bertz CT molecular complexity index is 398. The lowest BCUT2D eigenvalue weighted by atomic mass is 9.82. The standard InChI is InChI=1S/C9H14O6S/c1-15-7(10)5-9(8(11)12)3-2-4-16(13,14)6-9/h2-6H2,1H3,(H,11,12). The van der Waals surface area contributed by atoms with Crippen LogP contribution in [0.1, 0.15) is 19.3 Å². The van der Waals surface area contributed by atoms with Gasteiger partial charge in [-0.25, -0.2) is 8.42 Å². The molecule has 0 aromatic rings. The monoisotopic (exact) mass is 250 g/mol. The zero-order valence-corrected chi connectivity index (χ0v) is 9.75. The molecule has 0 bridgehead atoms. The van der Waals surface area contributed by atoms with Gasteiger partial charge >= 0.3 is 11.9 Å². The quantitative estimate of drug-likeness (QED) is 0.698. The normalized spacial score (nSPS) is 28.3. The zero-order valence-electron chi connectivity index (χ0n) is 8.93. The molecule has 1 atom stereocenters. The Morgan fingerprint density at radius 3 is 2.50 bits per heavy atom. The number of esters is 1. The van der Waals surface area contributed by atoms with E-state index in [0.29, 0.717) is 0 Å². The van der Waals surface area contributed by atoms with Crippen molar-refractivity contribution in [1.82, 2.24) is 0 Å². The van der Waals surface area contributed by atoms with E-state index in [1.54, 1.807) is 0 Å². The summed E-state index contributed by atoms with van der Waals surface area (Å²) in [7, 11) is -2.23. The van der Waals surface area contributed by atoms with Gasteiger partial charge in [0.05, 0.1) is 30.5 Å². The summed E-state index contributed by atoms with van der Waals surface area (Å²) in [6, 6.07) is 0. The summed E-state index contributed by atoms with van der Waals surface area (Å²) in [6.07, 6.45) is 0.0698. The maximum atomic E-state index is 11.4. The fourth-order valence-corrected chi connectivity index (χ4v) is 3.87. The second-order valence-electron chi connectivity index (χ2n) is 4.03. The SMILES string of the molecule is COC(=O)CC1(C(=O)O)CCCS(=O)(=O)C1. The largest absolute Gasteiger partial charge is 0.481 e. The summed E-state index contributed by atoms with van der Waals surface area (Å²) in [5.74, 6) is -2.44. The van der Waals surface area contributed by atoms with Crippen molar-refractivity contribution >= 4 is 21.8 Å². The fourth-order valence-electron chi connectivity index (χ4n) is 1.93. The Morgan fingerprint density at radius 1 is 1.44 bits per heavy atom. The summed E-state index contributed by atoms with van der Waals surface area (Å²) < 4.78 is 27.2. The minimum Gasteiger partial charge on any atom is -0.481 e. The molecule has 0 saturated carbocycles. The third-order valence-electron chi connectivity index (χ3n) is 2.77. The van der Waals surface area contributed by atoms with Crippen molar-refractivity contribution in [3.8, 4) is 0 Å². The minimum absolute atomic E-state index is 0.0107. The number of aliphatic carboxylic acids is 1.